The van der Waals surface area contributed by atoms with Gasteiger partial charge in [-0.05, 0) is 30.0 Å². The first-order valence-corrected chi connectivity index (χ1v) is 12.4. The Morgan fingerprint density at radius 1 is 1.31 bits per heavy atom. The topological polar surface area (TPSA) is 101 Å². The van der Waals surface area contributed by atoms with E-state index in [9.17, 15) is 8.42 Å². The molecule has 2 aromatic heterocycles. The lowest BCUT2D eigenvalue weighted by Crippen LogP contribution is -2.44. The van der Waals surface area contributed by atoms with Crippen molar-refractivity contribution in [3.8, 4) is 11.1 Å². The first-order chi connectivity index (χ1) is 15.3. The number of benzene rings is 1. The first kappa shape index (κ1) is 21.0. The van der Waals surface area contributed by atoms with Crippen molar-refractivity contribution >= 4 is 45.0 Å². The number of aliphatic imine (C=N–C) groups is 1. The molecule has 11 heteroatoms. The van der Waals surface area contributed by atoms with Gasteiger partial charge < -0.3 is 15.5 Å². The van der Waals surface area contributed by atoms with Crippen LogP contribution in [-0.2, 0) is 10.0 Å². The van der Waals surface area contributed by atoms with E-state index in [4.69, 9.17) is 21.8 Å². The molecule has 0 fully saturated rings. The van der Waals surface area contributed by atoms with E-state index >= 15 is 4.39 Å². The summed E-state index contributed by atoms with van der Waals surface area (Å²) in [6.45, 7) is 0. The van der Waals surface area contributed by atoms with Gasteiger partial charge in [0.25, 0.3) is 0 Å². The van der Waals surface area contributed by atoms with Crippen LogP contribution in [0.3, 0.4) is 0 Å². The maximum atomic E-state index is 15.1. The molecule has 0 saturated carbocycles. The van der Waals surface area contributed by atoms with E-state index in [1.165, 1.54) is 30.7 Å². The molecule has 0 spiro atoms. The van der Waals surface area contributed by atoms with E-state index in [-0.39, 0.29) is 17.5 Å². The van der Waals surface area contributed by atoms with Gasteiger partial charge in [-0.3, -0.25) is 0 Å². The number of guanidine groups is 1. The Morgan fingerprint density at radius 2 is 2.12 bits per heavy atom. The molecule has 0 bridgehead atoms. The van der Waals surface area contributed by atoms with E-state index < -0.39 is 22.1 Å². The number of nitrogens with one attached hydrogen (secondary N) is 1. The molecule has 0 aliphatic carbocycles. The molecule has 0 radical (unpaired) electrons. The Morgan fingerprint density at radius 3 is 2.81 bits per heavy atom. The number of rotatable bonds is 3. The fourth-order valence-corrected chi connectivity index (χ4v) is 6.88. The van der Waals surface area contributed by atoms with Gasteiger partial charge >= 0.3 is 0 Å². The zero-order valence-electron chi connectivity index (χ0n) is 16.7. The number of nitrogens with zero attached hydrogens (tertiary/aromatic N) is 2. The summed E-state index contributed by atoms with van der Waals surface area (Å²) in [5, 5.41) is 3.59. The lowest BCUT2D eigenvalue weighted by molar-refractivity contribution is 0.532. The van der Waals surface area contributed by atoms with Gasteiger partial charge in [0.2, 0.25) is 16.0 Å². The summed E-state index contributed by atoms with van der Waals surface area (Å²) in [5.41, 5.74) is 8.49. The Balaban J connectivity index is 1.55. The molecular formula is C21H18ClFN4O3S2. The number of furan rings is 1. The molecule has 0 amide bonds. The van der Waals surface area contributed by atoms with Gasteiger partial charge in [0.15, 0.2) is 0 Å². The summed E-state index contributed by atoms with van der Waals surface area (Å²) < 4.78 is 46.0. The predicted octanol–water partition coefficient (Wildman–Crippen LogP) is 4.09. The van der Waals surface area contributed by atoms with Crippen molar-refractivity contribution in [3.05, 3.63) is 74.7 Å². The second kappa shape index (κ2) is 7.65. The second-order valence-corrected chi connectivity index (χ2v) is 11.0. The predicted molar refractivity (Wildman–Crippen MR) is 123 cm³/mol. The van der Waals surface area contributed by atoms with Crippen molar-refractivity contribution in [2.24, 2.45) is 10.7 Å². The minimum atomic E-state index is -3.60. The van der Waals surface area contributed by atoms with Crippen molar-refractivity contribution in [1.82, 2.24) is 9.62 Å². The summed E-state index contributed by atoms with van der Waals surface area (Å²) in [5.74, 6) is -0.703. The lowest BCUT2D eigenvalue weighted by Gasteiger charge is -2.26. The van der Waals surface area contributed by atoms with E-state index in [0.717, 1.165) is 20.3 Å². The molecule has 4 heterocycles. The van der Waals surface area contributed by atoms with Gasteiger partial charge in [-0.15, -0.1) is 11.3 Å². The molecule has 166 valence electrons. The molecule has 3 N–H and O–H groups in total. The average Bonchev–Trinajstić information content (AvgIpc) is 3.40. The molecule has 2 aliphatic heterocycles. The fraction of sp³-hybridized carbons (Fsp3) is 0.190. The Bertz CT molecular complexity index is 1370. The van der Waals surface area contributed by atoms with Crippen molar-refractivity contribution in [3.63, 3.8) is 0 Å². The first-order valence-electron chi connectivity index (χ1n) is 9.63. The number of fused-ring (bicyclic) bond motifs is 1. The molecule has 2 unspecified atom stereocenters. The van der Waals surface area contributed by atoms with E-state index in [2.05, 4.69) is 10.3 Å². The molecule has 2 atom stereocenters. The number of thiophene rings is 1. The van der Waals surface area contributed by atoms with E-state index in [1.807, 2.05) is 6.07 Å². The Labute approximate surface area is 193 Å². The van der Waals surface area contributed by atoms with Crippen LogP contribution in [0.4, 0.5) is 4.39 Å². The molecule has 7 nitrogen and oxygen atoms in total. The van der Waals surface area contributed by atoms with Crippen LogP contribution >= 0.6 is 22.9 Å². The average molecular weight is 493 g/mol. The molecule has 5 rings (SSSR count). The molecule has 2 aliphatic rings. The van der Waals surface area contributed by atoms with Gasteiger partial charge in [-0.2, -0.15) is 0 Å². The van der Waals surface area contributed by atoms with Crippen LogP contribution in [0, 0.1) is 5.82 Å². The van der Waals surface area contributed by atoms with Gasteiger partial charge in [0, 0.05) is 33.5 Å². The summed E-state index contributed by atoms with van der Waals surface area (Å²) >= 11 is 7.96. The molecule has 1 aromatic carbocycles. The minimum absolute atomic E-state index is 0.0882. The highest BCUT2D eigenvalue weighted by atomic mass is 35.5. The van der Waals surface area contributed by atoms with Gasteiger partial charge in [0.05, 0.1) is 29.3 Å². The highest BCUT2D eigenvalue weighted by Gasteiger charge is 2.36. The summed E-state index contributed by atoms with van der Waals surface area (Å²) in [6.07, 6.45) is 6.60. The quantitative estimate of drug-likeness (QED) is 0.573. The number of sulfonamides is 1. The second-order valence-electron chi connectivity index (χ2n) is 7.49. The maximum absolute atomic E-state index is 15.1. The van der Waals surface area contributed by atoms with Crippen LogP contribution in [0.2, 0.25) is 5.02 Å². The third-order valence-corrected chi connectivity index (χ3v) is 9.23. The summed E-state index contributed by atoms with van der Waals surface area (Å²) in [6, 6.07) is 5.58. The van der Waals surface area contributed by atoms with Crippen LogP contribution in [0.5, 0.6) is 0 Å². The van der Waals surface area contributed by atoms with Crippen molar-refractivity contribution in [1.29, 1.82) is 0 Å². The monoisotopic (exact) mass is 492 g/mol. The summed E-state index contributed by atoms with van der Waals surface area (Å²) in [4.78, 5) is 5.70. The minimum Gasteiger partial charge on any atom is -0.472 e. The fourth-order valence-electron chi connectivity index (χ4n) is 3.81. The van der Waals surface area contributed by atoms with Gasteiger partial charge in [-0.1, -0.05) is 23.7 Å². The van der Waals surface area contributed by atoms with Crippen molar-refractivity contribution in [2.75, 3.05) is 12.8 Å². The molecular weight excluding hydrogens is 475 g/mol. The highest BCUT2D eigenvalue weighted by molar-refractivity contribution is 7.89. The third-order valence-electron chi connectivity index (χ3n) is 5.58. The van der Waals surface area contributed by atoms with Gasteiger partial charge in [0.1, 0.15) is 11.9 Å². The molecule has 32 heavy (non-hydrogen) atoms. The van der Waals surface area contributed by atoms with E-state index in [1.54, 1.807) is 30.7 Å². The number of nitrogens with two attached hydrogens (primary N) is 1. The zero-order chi connectivity index (χ0) is 22.6. The maximum Gasteiger partial charge on any atom is 0.239 e. The molecule has 3 aromatic rings. The van der Waals surface area contributed by atoms with Crippen LogP contribution in [-0.4, -0.2) is 31.5 Å². The lowest BCUT2D eigenvalue weighted by atomic mass is 9.97. The Hall–Kier alpha value is -2.82. The largest absolute Gasteiger partial charge is 0.472 e. The van der Waals surface area contributed by atoms with Crippen LogP contribution in [0.15, 0.2) is 52.4 Å². The van der Waals surface area contributed by atoms with Crippen LogP contribution in [0.1, 0.15) is 33.0 Å². The zero-order valence-corrected chi connectivity index (χ0v) is 19.1. The van der Waals surface area contributed by atoms with Crippen LogP contribution < -0.4 is 11.1 Å². The van der Waals surface area contributed by atoms with Crippen molar-refractivity contribution < 1.29 is 17.2 Å². The van der Waals surface area contributed by atoms with Crippen molar-refractivity contribution in [2.45, 2.75) is 12.1 Å². The number of hydrogen-bond donors (Lipinski definition) is 2. The SMILES string of the molecule is CN1C(N)=NC(c2sc3c(c2Cl)C=CNC3c2ccc(-c3ccoc3)cc2F)CS1(=O)=O. The van der Waals surface area contributed by atoms with E-state index in [0.29, 0.717) is 21.0 Å². The number of halogens is 2. The van der Waals surface area contributed by atoms with Gasteiger partial charge in [-0.25, -0.2) is 22.1 Å². The van der Waals surface area contributed by atoms with Crippen LogP contribution in [0.25, 0.3) is 17.2 Å². The standard InChI is InChI=1S/C21H18ClFN4O3S2/c1-27-21(24)26-16(10-32(27,28)29)20-17(22)14-4-6-25-18(19(14)31-20)13-3-2-11(8-15(13)23)12-5-7-30-9-12/h2-9,16,18,25H,10H2,1H3,(H2,24,26). The smallest absolute Gasteiger partial charge is 0.239 e. The summed E-state index contributed by atoms with van der Waals surface area (Å²) in [7, 11) is -2.24. The Kier molecular flexibility index (Phi) is 5.03. The molecule has 0 saturated heterocycles. The third kappa shape index (κ3) is 3.39. The normalized spacial score (nSPS) is 21.7. The highest BCUT2D eigenvalue weighted by Crippen LogP contribution is 2.46. The number of hydrogen-bond acceptors (Lipinski definition) is 7.